The number of nitrogens with one attached hydrogen (secondary N) is 1. The Bertz CT molecular complexity index is 637. The molecule has 1 heterocycles. The van der Waals surface area contributed by atoms with Gasteiger partial charge in [-0.15, -0.1) is 0 Å². The molecule has 2 aromatic rings. The molecule has 0 amide bonds. The lowest BCUT2D eigenvalue weighted by atomic mass is 10.1. The summed E-state index contributed by atoms with van der Waals surface area (Å²) in [5.41, 5.74) is 1.84. The van der Waals surface area contributed by atoms with Crippen molar-refractivity contribution in [2.45, 2.75) is 31.2 Å². The van der Waals surface area contributed by atoms with Crippen LogP contribution in [0.15, 0.2) is 53.6 Å². The Hall–Kier alpha value is -1.72. The third-order valence-corrected chi connectivity index (χ3v) is 4.36. The molecule has 0 aliphatic heterocycles. The molecule has 4 nitrogen and oxygen atoms in total. The Morgan fingerprint density at radius 2 is 1.85 bits per heavy atom. The third kappa shape index (κ3) is 3.88. The molecular formula is C15H18N2O2S. The summed E-state index contributed by atoms with van der Waals surface area (Å²) in [7, 11) is -3.48. The van der Waals surface area contributed by atoms with Crippen molar-refractivity contribution >= 4 is 10.0 Å². The predicted octanol–water partition coefficient (Wildman–Crippen LogP) is 2.51. The molecule has 106 valence electrons. The smallest absolute Gasteiger partial charge is 0.240 e. The highest BCUT2D eigenvalue weighted by Gasteiger charge is 2.13. The molecule has 20 heavy (non-hydrogen) atoms. The Labute approximate surface area is 119 Å². The van der Waals surface area contributed by atoms with Gasteiger partial charge in [-0.25, -0.2) is 13.1 Å². The van der Waals surface area contributed by atoms with Gasteiger partial charge < -0.3 is 0 Å². The van der Waals surface area contributed by atoms with E-state index in [2.05, 4.69) is 16.6 Å². The quantitative estimate of drug-likeness (QED) is 0.889. The van der Waals surface area contributed by atoms with Gasteiger partial charge in [-0.1, -0.05) is 31.5 Å². The van der Waals surface area contributed by atoms with Crippen LogP contribution in [0.5, 0.6) is 0 Å². The Morgan fingerprint density at radius 1 is 1.10 bits per heavy atom. The lowest BCUT2D eigenvalue weighted by molar-refractivity contribution is 0.580. The average molecular weight is 290 g/mol. The van der Waals surface area contributed by atoms with Crippen LogP contribution >= 0.6 is 0 Å². The number of rotatable bonds is 6. The second-order valence-electron chi connectivity index (χ2n) is 4.54. The van der Waals surface area contributed by atoms with Crippen LogP contribution in [-0.2, 0) is 23.0 Å². The Balaban J connectivity index is 2.06. The van der Waals surface area contributed by atoms with Crippen LogP contribution in [0, 0.1) is 0 Å². The molecule has 0 aliphatic carbocycles. The molecule has 0 saturated carbocycles. The first-order valence-corrected chi connectivity index (χ1v) is 8.08. The zero-order valence-corrected chi connectivity index (χ0v) is 12.2. The Kier molecular flexibility index (Phi) is 4.87. The number of pyridine rings is 1. The van der Waals surface area contributed by atoms with Crippen molar-refractivity contribution in [1.82, 2.24) is 9.71 Å². The summed E-state index contributed by atoms with van der Waals surface area (Å²) >= 11 is 0. The molecular weight excluding hydrogens is 272 g/mol. The summed E-state index contributed by atoms with van der Waals surface area (Å²) in [6.45, 7) is 2.29. The van der Waals surface area contributed by atoms with E-state index in [1.807, 2.05) is 18.2 Å². The van der Waals surface area contributed by atoms with Gasteiger partial charge in [-0.05, 0) is 36.2 Å². The maximum absolute atomic E-state index is 12.1. The van der Waals surface area contributed by atoms with E-state index in [1.54, 1.807) is 30.5 Å². The first kappa shape index (κ1) is 14.7. The van der Waals surface area contributed by atoms with Crippen LogP contribution in [0.2, 0.25) is 0 Å². The summed E-state index contributed by atoms with van der Waals surface area (Å²) < 4.78 is 26.8. The standard InChI is InChI=1S/C15H18N2O2S/c1-2-5-13-7-9-15(10-8-13)20(18,19)17-12-14-6-3-4-11-16-14/h3-4,6-11,17H,2,5,12H2,1H3. The lowest BCUT2D eigenvalue weighted by Crippen LogP contribution is -2.23. The van der Waals surface area contributed by atoms with Crippen molar-refractivity contribution in [1.29, 1.82) is 0 Å². The second kappa shape index (κ2) is 6.63. The van der Waals surface area contributed by atoms with Crippen molar-refractivity contribution in [2.24, 2.45) is 0 Å². The number of sulfonamides is 1. The number of aromatic nitrogens is 1. The summed E-state index contributed by atoms with van der Waals surface area (Å²) in [6, 6.07) is 12.4. The maximum atomic E-state index is 12.1. The predicted molar refractivity (Wildman–Crippen MR) is 78.7 cm³/mol. The number of hydrogen-bond acceptors (Lipinski definition) is 3. The SMILES string of the molecule is CCCc1ccc(S(=O)(=O)NCc2ccccn2)cc1. The van der Waals surface area contributed by atoms with E-state index in [-0.39, 0.29) is 11.4 Å². The van der Waals surface area contributed by atoms with Gasteiger partial charge in [0, 0.05) is 6.20 Å². The van der Waals surface area contributed by atoms with E-state index in [0.717, 1.165) is 18.4 Å². The number of hydrogen-bond donors (Lipinski definition) is 1. The molecule has 0 saturated heterocycles. The van der Waals surface area contributed by atoms with Gasteiger partial charge in [0.25, 0.3) is 0 Å². The summed E-state index contributed by atoms with van der Waals surface area (Å²) in [5.74, 6) is 0. The van der Waals surface area contributed by atoms with Crippen molar-refractivity contribution in [2.75, 3.05) is 0 Å². The number of aryl methyl sites for hydroxylation is 1. The first-order valence-electron chi connectivity index (χ1n) is 6.60. The van der Waals surface area contributed by atoms with Crippen LogP contribution in [-0.4, -0.2) is 13.4 Å². The van der Waals surface area contributed by atoms with Crippen LogP contribution < -0.4 is 4.72 Å². The van der Waals surface area contributed by atoms with Gasteiger partial charge in [0.1, 0.15) is 0 Å². The Morgan fingerprint density at radius 3 is 2.45 bits per heavy atom. The van der Waals surface area contributed by atoms with Crippen LogP contribution in [0.1, 0.15) is 24.6 Å². The third-order valence-electron chi connectivity index (χ3n) is 2.94. The fourth-order valence-electron chi connectivity index (χ4n) is 1.88. The van der Waals surface area contributed by atoms with Crippen LogP contribution in [0.3, 0.4) is 0 Å². The molecule has 0 aliphatic rings. The van der Waals surface area contributed by atoms with E-state index in [1.165, 1.54) is 0 Å². The van der Waals surface area contributed by atoms with E-state index >= 15 is 0 Å². The molecule has 0 fully saturated rings. The van der Waals surface area contributed by atoms with E-state index in [0.29, 0.717) is 5.69 Å². The van der Waals surface area contributed by atoms with Gasteiger partial charge >= 0.3 is 0 Å². The summed E-state index contributed by atoms with van der Waals surface area (Å²) in [4.78, 5) is 4.37. The van der Waals surface area contributed by atoms with Crippen LogP contribution in [0.4, 0.5) is 0 Å². The highest BCUT2D eigenvalue weighted by atomic mass is 32.2. The van der Waals surface area contributed by atoms with Gasteiger partial charge in [-0.3, -0.25) is 4.98 Å². The van der Waals surface area contributed by atoms with Gasteiger partial charge in [0.05, 0.1) is 17.1 Å². The molecule has 5 heteroatoms. The zero-order chi connectivity index (χ0) is 14.4. The molecule has 1 aromatic carbocycles. The minimum atomic E-state index is -3.48. The van der Waals surface area contributed by atoms with Gasteiger partial charge in [0.2, 0.25) is 10.0 Å². The minimum absolute atomic E-state index is 0.194. The van der Waals surface area contributed by atoms with Crippen molar-refractivity contribution < 1.29 is 8.42 Å². The van der Waals surface area contributed by atoms with E-state index < -0.39 is 10.0 Å². The van der Waals surface area contributed by atoms with Crippen molar-refractivity contribution in [3.8, 4) is 0 Å². The summed E-state index contributed by atoms with van der Waals surface area (Å²) in [5, 5.41) is 0. The van der Waals surface area contributed by atoms with Gasteiger partial charge in [-0.2, -0.15) is 0 Å². The molecule has 0 radical (unpaired) electrons. The maximum Gasteiger partial charge on any atom is 0.240 e. The van der Waals surface area contributed by atoms with Crippen molar-refractivity contribution in [3.05, 3.63) is 59.9 Å². The molecule has 0 bridgehead atoms. The number of nitrogens with zero attached hydrogens (tertiary/aromatic N) is 1. The highest BCUT2D eigenvalue weighted by Crippen LogP contribution is 2.12. The highest BCUT2D eigenvalue weighted by molar-refractivity contribution is 7.89. The second-order valence-corrected chi connectivity index (χ2v) is 6.31. The first-order chi connectivity index (χ1) is 9.62. The topological polar surface area (TPSA) is 59.1 Å². The van der Waals surface area contributed by atoms with Crippen LogP contribution in [0.25, 0.3) is 0 Å². The zero-order valence-electron chi connectivity index (χ0n) is 11.4. The van der Waals surface area contributed by atoms with Gasteiger partial charge in [0.15, 0.2) is 0 Å². The molecule has 0 unspecified atom stereocenters. The van der Waals surface area contributed by atoms with E-state index in [4.69, 9.17) is 0 Å². The molecule has 2 rings (SSSR count). The summed E-state index contributed by atoms with van der Waals surface area (Å²) in [6.07, 6.45) is 3.65. The minimum Gasteiger partial charge on any atom is -0.260 e. The van der Waals surface area contributed by atoms with Crippen molar-refractivity contribution in [3.63, 3.8) is 0 Å². The molecule has 0 atom stereocenters. The lowest BCUT2D eigenvalue weighted by Gasteiger charge is -2.07. The monoisotopic (exact) mass is 290 g/mol. The molecule has 0 spiro atoms. The largest absolute Gasteiger partial charge is 0.260 e. The normalized spacial score (nSPS) is 11.4. The number of benzene rings is 1. The van der Waals surface area contributed by atoms with E-state index in [9.17, 15) is 8.42 Å². The fourth-order valence-corrected chi connectivity index (χ4v) is 2.88. The fraction of sp³-hybridized carbons (Fsp3) is 0.267. The molecule has 1 aromatic heterocycles. The average Bonchev–Trinajstić information content (AvgIpc) is 2.47. The molecule has 1 N–H and O–H groups in total.